The van der Waals surface area contributed by atoms with Crippen molar-refractivity contribution in [1.82, 2.24) is 14.6 Å². The van der Waals surface area contributed by atoms with Crippen molar-refractivity contribution in [2.75, 3.05) is 5.32 Å². The molecule has 0 bridgehead atoms. The fourth-order valence-corrected chi connectivity index (χ4v) is 4.00. The molecule has 0 spiro atoms. The van der Waals surface area contributed by atoms with Gasteiger partial charge in [-0.15, -0.1) is 10.2 Å². The van der Waals surface area contributed by atoms with E-state index in [1.54, 1.807) is 0 Å². The van der Waals surface area contributed by atoms with Crippen molar-refractivity contribution >= 4 is 38.7 Å². The monoisotopic (exact) mass is 350 g/mol. The number of carbonyl (C=O) groups excluding carboxylic acids is 1. The Hall–Kier alpha value is -2.73. The van der Waals surface area contributed by atoms with Gasteiger partial charge in [-0.2, -0.15) is 0 Å². The van der Waals surface area contributed by atoms with Crippen LogP contribution < -0.4 is 5.32 Å². The number of nitrogens with one attached hydrogen (secondary N) is 1. The number of hydrogen-bond donors (Lipinski definition) is 1. The minimum atomic E-state index is -0.112. The molecule has 2 aromatic carbocycles. The highest BCUT2D eigenvalue weighted by Crippen LogP contribution is 2.28. The van der Waals surface area contributed by atoms with Crippen molar-refractivity contribution in [2.24, 2.45) is 0 Å². The number of anilines is 1. The SMILES string of the molecule is Cc1c(C(=O)Nc2cccc3ccccc23)sc2nnc(C(C)C)n12. The van der Waals surface area contributed by atoms with Crippen LogP contribution in [0.15, 0.2) is 42.5 Å². The van der Waals surface area contributed by atoms with Crippen LogP contribution in [0.5, 0.6) is 0 Å². The van der Waals surface area contributed by atoms with Crippen molar-refractivity contribution in [3.63, 3.8) is 0 Å². The van der Waals surface area contributed by atoms with E-state index >= 15 is 0 Å². The number of thiazole rings is 1. The molecule has 1 N–H and O–H groups in total. The molecule has 0 radical (unpaired) electrons. The van der Waals surface area contributed by atoms with Gasteiger partial charge in [0.1, 0.15) is 10.7 Å². The predicted molar refractivity (Wildman–Crippen MR) is 102 cm³/mol. The maximum atomic E-state index is 12.9. The first-order chi connectivity index (χ1) is 12.1. The van der Waals surface area contributed by atoms with Crippen LogP contribution in [0.4, 0.5) is 5.69 Å². The van der Waals surface area contributed by atoms with Gasteiger partial charge in [0, 0.05) is 22.7 Å². The van der Waals surface area contributed by atoms with E-state index in [1.807, 2.05) is 53.8 Å². The molecule has 0 unspecified atom stereocenters. The lowest BCUT2D eigenvalue weighted by atomic mass is 10.1. The van der Waals surface area contributed by atoms with Crippen molar-refractivity contribution < 1.29 is 4.79 Å². The van der Waals surface area contributed by atoms with E-state index in [2.05, 4.69) is 29.4 Å². The van der Waals surface area contributed by atoms with Crippen LogP contribution in [0.3, 0.4) is 0 Å². The minimum Gasteiger partial charge on any atom is -0.321 e. The Kier molecular flexibility index (Phi) is 3.77. The number of aryl methyl sites for hydroxylation is 1. The second kappa shape index (κ2) is 5.97. The Morgan fingerprint density at radius 3 is 2.68 bits per heavy atom. The van der Waals surface area contributed by atoms with Crippen LogP contribution in [-0.2, 0) is 0 Å². The van der Waals surface area contributed by atoms with Gasteiger partial charge >= 0.3 is 0 Å². The molecule has 1 amide bonds. The molecule has 126 valence electrons. The topological polar surface area (TPSA) is 59.3 Å². The summed E-state index contributed by atoms with van der Waals surface area (Å²) in [4.78, 5) is 14.3. The van der Waals surface area contributed by atoms with Gasteiger partial charge in [-0.05, 0) is 18.4 Å². The first-order valence-corrected chi connectivity index (χ1v) is 9.01. The molecule has 0 aliphatic rings. The number of rotatable bonds is 3. The van der Waals surface area contributed by atoms with Crippen LogP contribution >= 0.6 is 11.3 Å². The Morgan fingerprint density at radius 1 is 1.12 bits per heavy atom. The van der Waals surface area contributed by atoms with Crippen molar-refractivity contribution in [3.05, 3.63) is 58.9 Å². The van der Waals surface area contributed by atoms with Gasteiger partial charge in [-0.1, -0.05) is 61.6 Å². The van der Waals surface area contributed by atoms with Crippen LogP contribution in [0, 0.1) is 6.92 Å². The largest absolute Gasteiger partial charge is 0.321 e. The van der Waals surface area contributed by atoms with Gasteiger partial charge in [0.2, 0.25) is 4.96 Å². The van der Waals surface area contributed by atoms with Gasteiger partial charge in [0.25, 0.3) is 5.91 Å². The van der Waals surface area contributed by atoms with Gasteiger partial charge in [0.05, 0.1) is 0 Å². The van der Waals surface area contributed by atoms with Crippen molar-refractivity contribution in [1.29, 1.82) is 0 Å². The molecule has 6 heteroatoms. The van der Waals surface area contributed by atoms with Crippen molar-refractivity contribution in [3.8, 4) is 0 Å². The summed E-state index contributed by atoms with van der Waals surface area (Å²) >= 11 is 1.37. The summed E-state index contributed by atoms with van der Waals surface area (Å²) in [6.45, 7) is 6.09. The van der Waals surface area contributed by atoms with Gasteiger partial charge < -0.3 is 5.32 Å². The van der Waals surface area contributed by atoms with Crippen molar-refractivity contribution in [2.45, 2.75) is 26.7 Å². The number of benzene rings is 2. The molecular weight excluding hydrogens is 332 g/mol. The average molecular weight is 350 g/mol. The molecule has 4 rings (SSSR count). The highest BCUT2D eigenvalue weighted by Gasteiger charge is 2.21. The quantitative estimate of drug-likeness (QED) is 0.586. The number of fused-ring (bicyclic) bond motifs is 2. The third-order valence-electron chi connectivity index (χ3n) is 4.28. The highest BCUT2D eigenvalue weighted by atomic mass is 32.1. The van der Waals surface area contributed by atoms with Crippen LogP contribution in [0.1, 0.15) is 41.0 Å². The lowest BCUT2D eigenvalue weighted by Crippen LogP contribution is -2.12. The van der Waals surface area contributed by atoms with E-state index in [1.165, 1.54) is 11.3 Å². The fourth-order valence-electron chi connectivity index (χ4n) is 3.03. The Bertz CT molecular complexity index is 1090. The summed E-state index contributed by atoms with van der Waals surface area (Å²) in [5.74, 6) is 1.02. The van der Waals surface area contributed by atoms with Crippen LogP contribution in [0.25, 0.3) is 15.7 Å². The zero-order valence-corrected chi connectivity index (χ0v) is 15.1. The van der Waals surface area contributed by atoms with E-state index in [-0.39, 0.29) is 11.8 Å². The summed E-state index contributed by atoms with van der Waals surface area (Å²) in [7, 11) is 0. The molecule has 0 aliphatic heterocycles. The first-order valence-electron chi connectivity index (χ1n) is 8.20. The van der Waals surface area contributed by atoms with E-state index in [4.69, 9.17) is 0 Å². The van der Waals surface area contributed by atoms with E-state index in [9.17, 15) is 4.79 Å². The van der Waals surface area contributed by atoms with Gasteiger partial charge in [-0.25, -0.2) is 0 Å². The normalized spacial score (nSPS) is 11.5. The fraction of sp³-hybridized carbons (Fsp3) is 0.211. The second-order valence-corrected chi connectivity index (χ2v) is 7.31. The third-order valence-corrected chi connectivity index (χ3v) is 5.41. The molecule has 0 fully saturated rings. The Labute approximate surface area is 149 Å². The molecule has 4 aromatic rings. The smallest absolute Gasteiger partial charge is 0.267 e. The molecule has 25 heavy (non-hydrogen) atoms. The summed E-state index contributed by atoms with van der Waals surface area (Å²) in [6, 6.07) is 13.9. The summed E-state index contributed by atoms with van der Waals surface area (Å²) in [5, 5.41) is 13.6. The molecular formula is C19H18N4OS. The summed E-state index contributed by atoms with van der Waals surface area (Å²) < 4.78 is 1.98. The minimum absolute atomic E-state index is 0.112. The second-order valence-electron chi connectivity index (χ2n) is 6.33. The zero-order chi connectivity index (χ0) is 17.6. The van der Waals surface area contributed by atoms with Gasteiger partial charge in [0.15, 0.2) is 0 Å². The van der Waals surface area contributed by atoms with E-state index in [0.717, 1.165) is 32.9 Å². The molecule has 2 aromatic heterocycles. The van der Waals surface area contributed by atoms with Crippen LogP contribution in [-0.4, -0.2) is 20.5 Å². The van der Waals surface area contributed by atoms with Gasteiger partial charge in [-0.3, -0.25) is 9.20 Å². The lowest BCUT2D eigenvalue weighted by molar-refractivity contribution is 0.103. The van der Waals surface area contributed by atoms with E-state index in [0.29, 0.717) is 4.88 Å². The predicted octanol–water partition coefficient (Wildman–Crippen LogP) is 4.63. The summed E-state index contributed by atoms with van der Waals surface area (Å²) in [5.41, 5.74) is 1.70. The average Bonchev–Trinajstić information content (AvgIpc) is 3.16. The Morgan fingerprint density at radius 2 is 1.88 bits per heavy atom. The molecule has 0 aliphatic carbocycles. The molecule has 0 saturated carbocycles. The third kappa shape index (κ3) is 2.59. The molecule has 0 saturated heterocycles. The number of aromatic nitrogens is 3. The molecule has 2 heterocycles. The maximum absolute atomic E-state index is 12.9. The van der Waals surface area contributed by atoms with E-state index < -0.39 is 0 Å². The standard InChI is InChI=1S/C19H18N4OS/c1-11(2)17-21-22-19-23(17)12(3)16(25-19)18(24)20-15-10-6-8-13-7-4-5-9-14(13)15/h4-11H,1-3H3,(H,20,24). The summed E-state index contributed by atoms with van der Waals surface area (Å²) in [6.07, 6.45) is 0. The first kappa shape index (κ1) is 15.8. The zero-order valence-electron chi connectivity index (χ0n) is 14.3. The number of carbonyl (C=O) groups is 1. The number of nitrogens with zero attached hydrogens (tertiary/aromatic N) is 3. The Balaban J connectivity index is 1.74. The lowest BCUT2D eigenvalue weighted by Gasteiger charge is -2.08. The number of amides is 1. The number of hydrogen-bond acceptors (Lipinski definition) is 4. The maximum Gasteiger partial charge on any atom is 0.267 e. The molecule has 5 nitrogen and oxygen atoms in total. The molecule has 0 atom stereocenters. The highest BCUT2D eigenvalue weighted by molar-refractivity contribution is 7.19. The van der Waals surface area contributed by atoms with Crippen LogP contribution in [0.2, 0.25) is 0 Å².